The first kappa shape index (κ1) is 23.0. The van der Waals surface area contributed by atoms with Crippen molar-refractivity contribution in [1.29, 1.82) is 0 Å². The summed E-state index contributed by atoms with van der Waals surface area (Å²) in [5, 5.41) is 6.56. The van der Waals surface area contributed by atoms with Crippen molar-refractivity contribution in [2.24, 2.45) is 5.92 Å². The summed E-state index contributed by atoms with van der Waals surface area (Å²) in [4.78, 5) is 27.4. The molecule has 2 heterocycles. The van der Waals surface area contributed by atoms with Gasteiger partial charge in [0.05, 0.1) is 0 Å². The second-order valence-corrected chi connectivity index (χ2v) is 9.82. The van der Waals surface area contributed by atoms with Gasteiger partial charge in [0.2, 0.25) is 15.9 Å². The molecule has 1 fully saturated rings. The quantitative estimate of drug-likeness (QED) is 0.718. The molecule has 1 N–H and O–H groups in total. The third kappa shape index (κ3) is 4.80. The number of carbonyl (C=O) groups excluding carboxylic acids is 2. The number of carbonyl (C=O) groups is 2. The zero-order valence-electron chi connectivity index (χ0n) is 18.2. The van der Waals surface area contributed by atoms with Crippen LogP contribution in [0.1, 0.15) is 35.7 Å². The minimum absolute atomic E-state index is 0.0856. The predicted octanol–water partition coefficient (Wildman–Crippen LogP) is 1.58. The van der Waals surface area contributed by atoms with Gasteiger partial charge in [-0.25, -0.2) is 8.42 Å². The second kappa shape index (κ2) is 9.19. The van der Waals surface area contributed by atoms with Gasteiger partial charge < -0.3 is 14.7 Å². The molecule has 0 saturated carbocycles. The summed E-state index contributed by atoms with van der Waals surface area (Å²) in [6.07, 6.45) is 0. The van der Waals surface area contributed by atoms with Crippen molar-refractivity contribution in [3.05, 3.63) is 47.3 Å². The summed E-state index contributed by atoms with van der Waals surface area (Å²) >= 11 is 0. The lowest BCUT2D eigenvalue weighted by atomic mass is 10.0. The van der Waals surface area contributed by atoms with Crippen LogP contribution in [-0.2, 0) is 14.8 Å². The molecule has 2 aromatic rings. The van der Waals surface area contributed by atoms with E-state index in [1.54, 1.807) is 43.0 Å². The third-order valence-electron chi connectivity index (χ3n) is 5.37. The van der Waals surface area contributed by atoms with Gasteiger partial charge >= 0.3 is 0 Å². The minimum Gasteiger partial charge on any atom is -0.360 e. The van der Waals surface area contributed by atoms with Crippen LogP contribution < -0.4 is 5.32 Å². The molecule has 0 spiro atoms. The molecule has 0 unspecified atom stereocenters. The zero-order valence-corrected chi connectivity index (χ0v) is 19.0. The highest BCUT2D eigenvalue weighted by molar-refractivity contribution is 7.89. The molecule has 1 aliphatic heterocycles. The van der Waals surface area contributed by atoms with E-state index >= 15 is 0 Å². The van der Waals surface area contributed by atoms with E-state index in [-0.39, 0.29) is 54.6 Å². The largest absolute Gasteiger partial charge is 0.360 e. The van der Waals surface area contributed by atoms with Crippen LogP contribution >= 0.6 is 0 Å². The minimum atomic E-state index is -3.75. The zero-order chi connectivity index (χ0) is 22.8. The summed E-state index contributed by atoms with van der Waals surface area (Å²) < 4.78 is 32.3. The molecule has 0 radical (unpaired) electrons. The number of rotatable bonds is 6. The number of hydrogen-bond acceptors (Lipinski definition) is 6. The standard InChI is InChI=1S/C21H28N4O5S/c1-14(2)18(22-20(26)17-8-6-5-7-9-17)21(27)24-10-12-25(13-11-24)31(28,29)19-15(3)23-30-16(19)4/h5-9,14,18H,10-13H2,1-4H3,(H,22,26)/t18-/m0/s1. The molecule has 1 saturated heterocycles. The average Bonchev–Trinajstić information content (AvgIpc) is 3.10. The van der Waals surface area contributed by atoms with Gasteiger partial charge in [-0.05, 0) is 31.9 Å². The van der Waals surface area contributed by atoms with Crippen LogP contribution in [0.15, 0.2) is 39.8 Å². The summed E-state index contributed by atoms with van der Waals surface area (Å²) in [5.41, 5.74) is 0.802. The highest BCUT2D eigenvalue weighted by Gasteiger charge is 2.36. The SMILES string of the molecule is Cc1noc(C)c1S(=O)(=O)N1CCN(C(=O)[C@@H](NC(=O)c2ccccc2)C(C)C)CC1. The Morgan fingerprint density at radius 3 is 2.19 bits per heavy atom. The number of amides is 2. The van der Waals surface area contributed by atoms with Crippen LogP contribution in [0.4, 0.5) is 0 Å². The highest BCUT2D eigenvalue weighted by Crippen LogP contribution is 2.24. The monoisotopic (exact) mass is 448 g/mol. The molecule has 3 rings (SSSR count). The maximum absolute atomic E-state index is 13.1. The number of hydrogen-bond donors (Lipinski definition) is 1. The number of nitrogens with zero attached hydrogens (tertiary/aromatic N) is 3. The fraction of sp³-hybridized carbons (Fsp3) is 0.476. The molecule has 31 heavy (non-hydrogen) atoms. The van der Waals surface area contributed by atoms with E-state index < -0.39 is 16.1 Å². The van der Waals surface area contributed by atoms with E-state index in [2.05, 4.69) is 10.5 Å². The van der Waals surface area contributed by atoms with E-state index in [0.29, 0.717) is 11.3 Å². The van der Waals surface area contributed by atoms with Gasteiger partial charge in [0.1, 0.15) is 16.6 Å². The van der Waals surface area contributed by atoms with Crippen LogP contribution in [0.2, 0.25) is 0 Å². The number of sulfonamides is 1. The van der Waals surface area contributed by atoms with Crippen molar-refractivity contribution in [1.82, 2.24) is 19.7 Å². The van der Waals surface area contributed by atoms with Crippen molar-refractivity contribution in [3.8, 4) is 0 Å². The van der Waals surface area contributed by atoms with Crippen molar-refractivity contribution in [2.45, 2.75) is 38.6 Å². The molecule has 0 bridgehead atoms. The first-order valence-electron chi connectivity index (χ1n) is 10.2. The topological polar surface area (TPSA) is 113 Å². The molecule has 168 valence electrons. The Morgan fingerprint density at radius 1 is 1.06 bits per heavy atom. The van der Waals surface area contributed by atoms with Crippen LogP contribution in [0.5, 0.6) is 0 Å². The molecule has 10 heteroatoms. The van der Waals surface area contributed by atoms with Crippen LogP contribution in [0.25, 0.3) is 0 Å². The molecular weight excluding hydrogens is 420 g/mol. The molecule has 9 nitrogen and oxygen atoms in total. The Bertz CT molecular complexity index is 1020. The van der Waals surface area contributed by atoms with E-state index in [4.69, 9.17) is 4.52 Å². The Balaban J connectivity index is 1.67. The molecule has 1 aliphatic rings. The maximum atomic E-state index is 13.1. The Hall–Kier alpha value is -2.72. The summed E-state index contributed by atoms with van der Waals surface area (Å²) in [6.45, 7) is 7.70. The predicted molar refractivity (Wildman–Crippen MR) is 114 cm³/mol. The lowest BCUT2D eigenvalue weighted by Gasteiger charge is -2.36. The van der Waals surface area contributed by atoms with Crippen LogP contribution in [0, 0.1) is 19.8 Å². The number of nitrogens with one attached hydrogen (secondary N) is 1. The van der Waals surface area contributed by atoms with Crippen molar-refractivity contribution in [3.63, 3.8) is 0 Å². The van der Waals surface area contributed by atoms with Gasteiger partial charge in [-0.2, -0.15) is 4.31 Å². The van der Waals surface area contributed by atoms with E-state index in [0.717, 1.165) is 0 Å². The Kier molecular flexibility index (Phi) is 6.80. The number of aryl methyl sites for hydroxylation is 2. The first-order valence-corrected chi connectivity index (χ1v) is 11.6. The van der Waals surface area contributed by atoms with Crippen molar-refractivity contribution in [2.75, 3.05) is 26.2 Å². The number of benzene rings is 1. The van der Waals surface area contributed by atoms with Gasteiger partial charge in [-0.1, -0.05) is 37.2 Å². The first-order chi connectivity index (χ1) is 14.6. The molecule has 1 aromatic heterocycles. The van der Waals surface area contributed by atoms with Gasteiger partial charge in [-0.15, -0.1) is 0 Å². The smallest absolute Gasteiger partial charge is 0.251 e. The molecular formula is C21H28N4O5S. The Morgan fingerprint density at radius 2 is 1.68 bits per heavy atom. The maximum Gasteiger partial charge on any atom is 0.251 e. The number of piperazine rings is 1. The lowest BCUT2D eigenvalue weighted by Crippen LogP contribution is -2.57. The van der Waals surface area contributed by atoms with Gasteiger partial charge in [0.25, 0.3) is 5.91 Å². The fourth-order valence-electron chi connectivity index (χ4n) is 3.65. The normalized spacial score (nSPS) is 16.4. The fourth-order valence-corrected chi connectivity index (χ4v) is 5.36. The number of aromatic nitrogens is 1. The molecule has 0 aliphatic carbocycles. The lowest BCUT2D eigenvalue weighted by molar-refractivity contribution is -0.135. The second-order valence-electron chi connectivity index (χ2n) is 7.94. The molecule has 1 aromatic carbocycles. The van der Waals surface area contributed by atoms with E-state index in [1.165, 1.54) is 4.31 Å². The molecule has 2 amide bonds. The summed E-state index contributed by atoms with van der Waals surface area (Å²) in [5.74, 6) is -0.398. The highest BCUT2D eigenvalue weighted by atomic mass is 32.2. The summed E-state index contributed by atoms with van der Waals surface area (Å²) in [7, 11) is -3.75. The summed E-state index contributed by atoms with van der Waals surface area (Å²) in [6, 6.07) is 8.03. The van der Waals surface area contributed by atoms with Crippen LogP contribution in [-0.4, -0.2) is 66.8 Å². The van der Waals surface area contributed by atoms with E-state index in [1.807, 2.05) is 19.9 Å². The van der Waals surface area contributed by atoms with Gasteiger partial charge in [-0.3, -0.25) is 9.59 Å². The third-order valence-corrected chi connectivity index (χ3v) is 7.52. The molecule has 1 atom stereocenters. The van der Waals surface area contributed by atoms with Crippen molar-refractivity contribution >= 4 is 21.8 Å². The van der Waals surface area contributed by atoms with Crippen molar-refractivity contribution < 1.29 is 22.5 Å². The van der Waals surface area contributed by atoms with E-state index in [9.17, 15) is 18.0 Å². The van der Waals surface area contributed by atoms with Gasteiger partial charge in [0.15, 0.2) is 5.76 Å². The van der Waals surface area contributed by atoms with Crippen LogP contribution in [0.3, 0.4) is 0 Å². The van der Waals surface area contributed by atoms with Gasteiger partial charge in [0, 0.05) is 31.7 Å². The Labute approximate surface area is 182 Å². The average molecular weight is 449 g/mol.